The van der Waals surface area contributed by atoms with Gasteiger partial charge in [0.25, 0.3) is 0 Å². The van der Waals surface area contributed by atoms with Crippen molar-refractivity contribution in [2.24, 2.45) is 0 Å². The van der Waals surface area contributed by atoms with E-state index >= 15 is 0 Å². The number of hydrogen-bond acceptors (Lipinski definition) is 4. The Labute approximate surface area is 100 Å². The summed E-state index contributed by atoms with van der Waals surface area (Å²) in [7, 11) is 2.88. The molecule has 4 nitrogen and oxygen atoms in total. The van der Waals surface area contributed by atoms with Gasteiger partial charge in [-0.1, -0.05) is 12.2 Å². The van der Waals surface area contributed by atoms with Crippen molar-refractivity contribution >= 4 is 12.0 Å². The SMILES string of the molecule is COC(=O)c1ccc(OC)c(C=CCC#N)c1. The molecule has 0 aliphatic rings. The first-order valence-electron chi connectivity index (χ1n) is 5.02. The topological polar surface area (TPSA) is 59.3 Å². The summed E-state index contributed by atoms with van der Waals surface area (Å²) in [4.78, 5) is 11.4. The van der Waals surface area contributed by atoms with Crippen LogP contribution in [0.5, 0.6) is 5.75 Å². The molecule has 0 saturated carbocycles. The third-order valence-corrected chi connectivity index (χ3v) is 2.16. The summed E-state index contributed by atoms with van der Waals surface area (Å²) in [5, 5.41) is 8.45. The Balaban J connectivity index is 3.07. The van der Waals surface area contributed by atoms with Crippen molar-refractivity contribution in [3.05, 3.63) is 35.4 Å². The van der Waals surface area contributed by atoms with Gasteiger partial charge < -0.3 is 9.47 Å². The molecule has 0 spiro atoms. The lowest BCUT2D eigenvalue weighted by Crippen LogP contribution is -2.01. The maximum Gasteiger partial charge on any atom is 0.337 e. The van der Waals surface area contributed by atoms with E-state index in [1.54, 1.807) is 37.5 Å². The standard InChI is InChI=1S/C13H13NO3/c1-16-12-7-6-11(13(15)17-2)9-10(12)5-3-4-8-14/h3,5-7,9H,4H2,1-2H3. The molecule has 4 heteroatoms. The highest BCUT2D eigenvalue weighted by molar-refractivity contribution is 5.90. The number of carbonyl (C=O) groups is 1. The van der Waals surface area contributed by atoms with Crippen LogP contribution in [0.1, 0.15) is 22.3 Å². The van der Waals surface area contributed by atoms with Crippen molar-refractivity contribution < 1.29 is 14.3 Å². The summed E-state index contributed by atoms with van der Waals surface area (Å²) in [5.74, 6) is 0.245. The van der Waals surface area contributed by atoms with Crippen LogP contribution in [0, 0.1) is 11.3 Å². The molecule has 0 aliphatic heterocycles. The Morgan fingerprint density at radius 3 is 2.82 bits per heavy atom. The van der Waals surface area contributed by atoms with Gasteiger partial charge in [0.05, 0.1) is 32.3 Å². The number of benzene rings is 1. The van der Waals surface area contributed by atoms with Crippen LogP contribution in [0.15, 0.2) is 24.3 Å². The van der Waals surface area contributed by atoms with Crippen molar-refractivity contribution in [1.29, 1.82) is 5.26 Å². The van der Waals surface area contributed by atoms with E-state index in [1.165, 1.54) is 7.11 Å². The summed E-state index contributed by atoms with van der Waals surface area (Å²) >= 11 is 0. The van der Waals surface area contributed by atoms with E-state index in [2.05, 4.69) is 4.74 Å². The second-order valence-electron chi connectivity index (χ2n) is 3.21. The lowest BCUT2D eigenvalue weighted by Gasteiger charge is -2.06. The monoisotopic (exact) mass is 231 g/mol. The fourth-order valence-electron chi connectivity index (χ4n) is 1.35. The van der Waals surface area contributed by atoms with Crippen LogP contribution in [0.4, 0.5) is 0 Å². The molecule has 1 aromatic carbocycles. The first kappa shape index (κ1) is 12.8. The minimum atomic E-state index is -0.400. The molecule has 0 N–H and O–H groups in total. The molecule has 0 radical (unpaired) electrons. The highest BCUT2D eigenvalue weighted by Crippen LogP contribution is 2.21. The zero-order chi connectivity index (χ0) is 12.7. The molecular weight excluding hydrogens is 218 g/mol. The number of allylic oxidation sites excluding steroid dienone is 1. The van der Waals surface area contributed by atoms with Crippen molar-refractivity contribution in [2.45, 2.75) is 6.42 Å². The van der Waals surface area contributed by atoms with E-state index in [9.17, 15) is 4.79 Å². The quantitative estimate of drug-likeness (QED) is 0.746. The van der Waals surface area contributed by atoms with E-state index in [0.29, 0.717) is 17.7 Å². The number of nitrogens with zero attached hydrogens (tertiary/aromatic N) is 1. The molecule has 17 heavy (non-hydrogen) atoms. The van der Waals surface area contributed by atoms with Gasteiger partial charge in [0.15, 0.2) is 0 Å². The molecule has 0 fully saturated rings. The number of rotatable bonds is 4. The lowest BCUT2D eigenvalue weighted by atomic mass is 10.1. The molecule has 1 aromatic rings. The molecule has 0 aliphatic carbocycles. The van der Waals surface area contributed by atoms with Crippen LogP contribution in [0.25, 0.3) is 6.08 Å². The van der Waals surface area contributed by atoms with Gasteiger partial charge in [0.2, 0.25) is 0 Å². The smallest absolute Gasteiger partial charge is 0.337 e. The fourth-order valence-corrected chi connectivity index (χ4v) is 1.35. The van der Waals surface area contributed by atoms with Gasteiger partial charge in [-0.3, -0.25) is 0 Å². The predicted octanol–water partition coefficient (Wildman–Crippen LogP) is 2.41. The minimum Gasteiger partial charge on any atom is -0.496 e. The van der Waals surface area contributed by atoms with Gasteiger partial charge in [0.1, 0.15) is 5.75 Å². The maximum atomic E-state index is 11.4. The van der Waals surface area contributed by atoms with Crippen LogP contribution in [0.2, 0.25) is 0 Å². The zero-order valence-corrected chi connectivity index (χ0v) is 9.77. The van der Waals surface area contributed by atoms with Crippen LogP contribution in [0.3, 0.4) is 0 Å². The molecule has 88 valence electrons. The van der Waals surface area contributed by atoms with Gasteiger partial charge in [0, 0.05) is 5.56 Å². The molecule has 1 rings (SSSR count). The minimum absolute atomic E-state index is 0.311. The van der Waals surface area contributed by atoms with Crippen LogP contribution in [-0.2, 0) is 4.74 Å². The number of nitriles is 1. The molecule has 0 unspecified atom stereocenters. The number of methoxy groups -OCH3 is 2. The Hall–Kier alpha value is -2.28. The maximum absolute atomic E-state index is 11.4. The first-order valence-corrected chi connectivity index (χ1v) is 5.02. The van der Waals surface area contributed by atoms with Crippen molar-refractivity contribution in [3.8, 4) is 11.8 Å². The average molecular weight is 231 g/mol. The summed E-state index contributed by atoms with van der Waals surface area (Å²) < 4.78 is 9.79. The van der Waals surface area contributed by atoms with E-state index in [0.717, 1.165) is 5.56 Å². The molecule has 0 heterocycles. The summed E-state index contributed by atoms with van der Waals surface area (Å²) in [6, 6.07) is 6.99. The van der Waals surface area contributed by atoms with E-state index in [1.807, 2.05) is 6.07 Å². The van der Waals surface area contributed by atoms with Crippen LogP contribution in [-0.4, -0.2) is 20.2 Å². The number of esters is 1. The third kappa shape index (κ3) is 3.35. The van der Waals surface area contributed by atoms with E-state index in [4.69, 9.17) is 10.00 Å². The highest BCUT2D eigenvalue weighted by Gasteiger charge is 2.08. The molecule has 0 saturated heterocycles. The number of ether oxygens (including phenoxy) is 2. The molecule has 0 aromatic heterocycles. The summed E-state index contributed by atoms with van der Waals surface area (Å²) in [6.45, 7) is 0. The normalized spacial score (nSPS) is 9.94. The van der Waals surface area contributed by atoms with Crippen molar-refractivity contribution in [2.75, 3.05) is 14.2 Å². The Bertz CT molecular complexity index is 472. The van der Waals surface area contributed by atoms with E-state index < -0.39 is 5.97 Å². The van der Waals surface area contributed by atoms with Gasteiger partial charge in [-0.05, 0) is 18.2 Å². The van der Waals surface area contributed by atoms with E-state index in [-0.39, 0.29) is 0 Å². The third-order valence-electron chi connectivity index (χ3n) is 2.16. The number of hydrogen-bond donors (Lipinski definition) is 0. The first-order chi connectivity index (χ1) is 8.22. The van der Waals surface area contributed by atoms with Crippen molar-refractivity contribution in [1.82, 2.24) is 0 Å². The molecule has 0 bridgehead atoms. The van der Waals surface area contributed by atoms with Crippen LogP contribution >= 0.6 is 0 Å². The van der Waals surface area contributed by atoms with Gasteiger partial charge in [-0.2, -0.15) is 5.26 Å². The van der Waals surface area contributed by atoms with Gasteiger partial charge >= 0.3 is 5.97 Å². The molecular formula is C13H13NO3. The number of carbonyl (C=O) groups excluding carboxylic acids is 1. The summed E-state index contributed by atoms with van der Waals surface area (Å²) in [5.41, 5.74) is 1.19. The molecule has 0 atom stereocenters. The second kappa shape index (κ2) is 6.33. The largest absolute Gasteiger partial charge is 0.496 e. The summed E-state index contributed by atoms with van der Waals surface area (Å²) in [6.07, 6.45) is 3.76. The lowest BCUT2D eigenvalue weighted by molar-refractivity contribution is 0.0600. The van der Waals surface area contributed by atoms with Crippen molar-refractivity contribution in [3.63, 3.8) is 0 Å². The fraction of sp³-hybridized carbons (Fsp3) is 0.231. The van der Waals surface area contributed by atoms with Crippen LogP contribution < -0.4 is 4.74 Å². The second-order valence-corrected chi connectivity index (χ2v) is 3.21. The highest BCUT2D eigenvalue weighted by atomic mass is 16.5. The Kier molecular flexibility index (Phi) is 4.77. The molecule has 0 amide bonds. The Morgan fingerprint density at radius 2 is 2.24 bits per heavy atom. The Morgan fingerprint density at radius 1 is 1.47 bits per heavy atom. The van der Waals surface area contributed by atoms with Gasteiger partial charge in [-0.25, -0.2) is 4.79 Å². The average Bonchev–Trinajstić information content (AvgIpc) is 2.38. The van der Waals surface area contributed by atoms with Gasteiger partial charge in [-0.15, -0.1) is 0 Å². The predicted molar refractivity (Wildman–Crippen MR) is 63.6 cm³/mol. The zero-order valence-electron chi connectivity index (χ0n) is 9.77.